The maximum Gasteiger partial charge on any atom is 0.138 e. The molecular formula is C12H23N5. The van der Waals surface area contributed by atoms with Crippen LogP contribution in [-0.2, 0) is 13.0 Å². The number of aryl methyl sites for hydroxylation is 1. The third-order valence-electron chi connectivity index (χ3n) is 3.83. The lowest BCUT2D eigenvalue weighted by Crippen LogP contribution is -2.43. The largest absolute Gasteiger partial charge is 0.271 e. The number of aromatic nitrogens is 3. The molecule has 1 aliphatic carbocycles. The van der Waals surface area contributed by atoms with E-state index in [1.807, 2.05) is 4.68 Å². The molecule has 96 valence electrons. The topological polar surface area (TPSA) is 68.8 Å². The first kappa shape index (κ1) is 12.5. The lowest BCUT2D eigenvalue weighted by molar-refractivity contribution is 0.264. The number of hydrazine groups is 1. The van der Waals surface area contributed by atoms with Crippen molar-refractivity contribution in [2.75, 3.05) is 0 Å². The van der Waals surface area contributed by atoms with E-state index in [0.717, 1.165) is 18.8 Å². The highest BCUT2D eigenvalue weighted by Gasteiger charge is 2.24. The highest BCUT2D eigenvalue weighted by atomic mass is 15.3. The Kier molecular flexibility index (Phi) is 4.50. The Morgan fingerprint density at radius 2 is 2.24 bits per heavy atom. The number of nitrogens with two attached hydrogens (primary N) is 1. The molecule has 17 heavy (non-hydrogen) atoms. The van der Waals surface area contributed by atoms with Crippen molar-refractivity contribution in [3.8, 4) is 0 Å². The van der Waals surface area contributed by atoms with E-state index in [4.69, 9.17) is 5.84 Å². The Hall–Kier alpha value is -0.940. The first-order valence-electron chi connectivity index (χ1n) is 6.68. The number of rotatable bonds is 5. The highest BCUT2D eigenvalue weighted by Crippen LogP contribution is 2.27. The van der Waals surface area contributed by atoms with Gasteiger partial charge in [0.15, 0.2) is 0 Å². The molecule has 0 aromatic carbocycles. The van der Waals surface area contributed by atoms with Gasteiger partial charge in [-0.15, -0.1) is 0 Å². The molecule has 1 heterocycles. The van der Waals surface area contributed by atoms with Gasteiger partial charge >= 0.3 is 0 Å². The molecule has 5 nitrogen and oxygen atoms in total. The van der Waals surface area contributed by atoms with Gasteiger partial charge in [0.2, 0.25) is 0 Å². The quantitative estimate of drug-likeness (QED) is 0.597. The predicted molar refractivity (Wildman–Crippen MR) is 67.1 cm³/mol. The van der Waals surface area contributed by atoms with E-state index in [1.165, 1.54) is 32.1 Å². The lowest BCUT2D eigenvalue weighted by atomic mass is 9.83. The molecule has 0 spiro atoms. The number of nitrogens with zero attached hydrogens (tertiary/aromatic N) is 3. The van der Waals surface area contributed by atoms with Crippen molar-refractivity contribution >= 4 is 0 Å². The second kappa shape index (κ2) is 6.12. The fourth-order valence-electron chi connectivity index (χ4n) is 2.81. The van der Waals surface area contributed by atoms with E-state index in [1.54, 1.807) is 6.33 Å². The van der Waals surface area contributed by atoms with E-state index in [0.29, 0.717) is 12.0 Å². The molecule has 2 rings (SSSR count). The molecule has 1 saturated carbocycles. The molecule has 1 unspecified atom stereocenters. The van der Waals surface area contributed by atoms with Gasteiger partial charge in [0, 0.05) is 19.0 Å². The summed E-state index contributed by atoms with van der Waals surface area (Å²) >= 11 is 0. The average molecular weight is 237 g/mol. The SMILES string of the molecule is CCn1ncnc1CC(NN)C1CCCCC1. The van der Waals surface area contributed by atoms with Gasteiger partial charge in [-0.25, -0.2) is 4.98 Å². The van der Waals surface area contributed by atoms with Crippen LogP contribution in [0.2, 0.25) is 0 Å². The molecule has 0 aliphatic heterocycles. The first-order chi connectivity index (χ1) is 8.35. The van der Waals surface area contributed by atoms with Crippen molar-refractivity contribution in [2.24, 2.45) is 11.8 Å². The van der Waals surface area contributed by atoms with Gasteiger partial charge in [-0.1, -0.05) is 19.3 Å². The molecule has 0 saturated heterocycles. The summed E-state index contributed by atoms with van der Waals surface area (Å²) in [4.78, 5) is 4.33. The molecule has 1 atom stereocenters. The monoisotopic (exact) mass is 237 g/mol. The Bertz CT molecular complexity index is 329. The van der Waals surface area contributed by atoms with Gasteiger partial charge in [0.05, 0.1) is 0 Å². The van der Waals surface area contributed by atoms with Crippen molar-refractivity contribution < 1.29 is 0 Å². The van der Waals surface area contributed by atoms with Crippen LogP contribution in [0.4, 0.5) is 0 Å². The normalized spacial score (nSPS) is 19.4. The molecule has 1 fully saturated rings. The van der Waals surface area contributed by atoms with Gasteiger partial charge in [-0.2, -0.15) is 5.10 Å². The van der Waals surface area contributed by atoms with Gasteiger partial charge in [-0.05, 0) is 25.7 Å². The van der Waals surface area contributed by atoms with Crippen LogP contribution in [0.15, 0.2) is 6.33 Å². The molecule has 3 N–H and O–H groups in total. The lowest BCUT2D eigenvalue weighted by Gasteiger charge is -2.29. The van der Waals surface area contributed by atoms with Crippen LogP contribution in [0.25, 0.3) is 0 Å². The van der Waals surface area contributed by atoms with Crippen molar-refractivity contribution in [3.63, 3.8) is 0 Å². The standard InChI is InChI=1S/C12H23N5/c1-2-17-12(14-9-15-17)8-11(16-13)10-6-4-3-5-7-10/h9-11,16H,2-8,13H2,1H3. The molecule has 0 radical (unpaired) electrons. The second-order valence-electron chi connectivity index (χ2n) is 4.87. The van der Waals surface area contributed by atoms with Crippen LogP contribution in [0.1, 0.15) is 44.9 Å². The van der Waals surface area contributed by atoms with Crippen molar-refractivity contribution in [3.05, 3.63) is 12.2 Å². The van der Waals surface area contributed by atoms with Crippen molar-refractivity contribution in [2.45, 2.75) is 58.0 Å². The fourth-order valence-corrected chi connectivity index (χ4v) is 2.81. The first-order valence-corrected chi connectivity index (χ1v) is 6.68. The van der Waals surface area contributed by atoms with Crippen molar-refractivity contribution in [1.82, 2.24) is 20.2 Å². The summed E-state index contributed by atoms with van der Waals surface area (Å²) in [5.41, 5.74) is 2.98. The zero-order valence-electron chi connectivity index (χ0n) is 10.6. The third kappa shape index (κ3) is 3.04. The summed E-state index contributed by atoms with van der Waals surface area (Å²) < 4.78 is 1.95. The Morgan fingerprint density at radius 1 is 1.47 bits per heavy atom. The highest BCUT2D eigenvalue weighted by molar-refractivity contribution is 4.92. The van der Waals surface area contributed by atoms with Crippen LogP contribution >= 0.6 is 0 Å². The van der Waals surface area contributed by atoms with Gasteiger partial charge < -0.3 is 0 Å². The molecule has 5 heteroatoms. The Labute approximate surface area is 103 Å². The maximum atomic E-state index is 5.70. The minimum absolute atomic E-state index is 0.338. The number of hydrogen-bond donors (Lipinski definition) is 2. The Balaban J connectivity index is 1.98. The summed E-state index contributed by atoms with van der Waals surface area (Å²) in [6, 6.07) is 0.338. The second-order valence-corrected chi connectivity index (χ2v) is 4.87. The minimum atomic E-state index is 0.338. The molecular weight excluding hydrogens is 214 g/mol. The van der Waals surface area contributed by atoms with E-state index in [9.17, 15) is 0 Å². The molecule has 1 aliphatic rings. The Morgan fingerprint density at radius 3 is 2.88 bits per heavy atom. The zero-order valence-corrected chi connectivity index (χ0v) is 10.6. The van der Waals surface area contributed by atoms with Crippen LogP contribution in [0.3, 0.4) is 0 Å². The molecule has 0 amide bonds. The summed E-state index contributed by atoms with van der Waals surface area (Å²) in [6.45, 7) is 2.96. The van der Waals surface area contributed by atoms with Gasteiger partial charge in [-0.3, -0.25) is 16.0 Å². The maximum absolute atomic E-state index is 5.70. The van der Waals surface area contributed by atoms with Gasteiger partial charge in [0.1, 0.15) is 12.2 Å². The smallest absolute Gasteiger partial charge is 0.138 e. The van der Waals surface area contributed by atoms with Crippen LogP contribution in [0, 0.1) is 5.92 Å². The van der Waals surface area contributed by atoms with E-state index >= 15 is 0 Å². The predicted octanol–water partition coefficient (Wildman–Crippen LogP) is 1.25. The number of hydrogen-bond acceptors (Lipinski definition) is 4. The zero-order chi connectivity index (χ0) is 12.1. The van der Waals surface area contributed by atoms with Crippen LogP contribution in [-0.4, -0.2) is 20.8 Å². The molecule has 1 aromatic heterocycles. The van der Waals surface area contributed by atoms with E-state index in [-0.39, 0.29) is 0 Å². The average Bonchev–Trinajstić information content (AvgIpc) is 2.84. The number of nitrogens with one attached hydrogen (secondary N) is 1. The summed E-state index contributed by atoms with van der Waals surface area (Å²) in [6.07, 6.45) is 9.14. The minimum Gasteiger partial charge on any atom is -0.271 e. The van der Waals surface area contributed by atoms with Crippen LogP contribution in [0.5, 0.6) is 0 Å². The summed E-state index contributed by atoms with van der Waals surface area (Å²) in [5, 5.41) is 4.20. The molecule has 1 aromatic rings. The fraction of sp³-hybridized carbons (Fsp3) is 0.833. The summed E-state index contributed by atoms with van der Waals surface area (Å²) in [7, 11) is 0. The van der Waals surface area contributed by atoms with Crippen LogP contribution < -0.4 is 11.3 Å². The molecule has 0 bridgehead atoms. The van der Waals surface area contributed by atoms with Crippen molar-refractivity contribution in [1.29, 1.82) is 0 Å². The third-order valence-corrected chi connectivity index (χ3v) is 3.83. The summed E-state index contributed by atoms with van der Waals surface area (Å²) in [5.74, 6) is 7.44. The van der Waals surface area contributed by atoms with Gasteiger partial charge in [0.25, 0.3) is 0 Å². The van der Waals surface area contributed by atoms with E-state index in [2.05, 4.69) is 22.4 Å². The van der Waals surface area contributed by atoms with E-state index < -0.39 is 0 Å².